The van der Waals surface area contributed by atoms with Gasteiger partial charge in [0, 0.05) is 12.6 Å². The molecule has 5 nitrogen and oxygen atoms in total. The third kappa shape index (κ3) is 3.00. The van der Waals surface area contributed by atoms with Crippen molar-refractivity contribution in [3.63, 3.8) is 0 Å². The molecule has 2 atom stereocenters. The second-order valence-corrected chi connectivity index (χ2v) is 5.93. The lowest BCUT2D eigenvalue weighted by Crippen LogP contribution is -2.32. The lowest BCUT2D eigenvalue weighted by molar-refractivity contribution is 0.158. The van der Waals surface area contributed by atoms with Crippen molar-refractivity contribution in [2.24, 2.45) is 0 Å². The van der Waals surface area contributed by atoms with E-state index in [1.165, 1.54) is 0 Å². The predicted molar refractivity (Wildman–Crippen MR) is 86.3 cm³/mol. The topological polar surface area (TPSA) is 69.2 Å². The van der Waals surface area contributed by atoms with Crippen LogP contribution in [0.15, 0.2) is 41.3 Å². The summed E-state index contributed by atoms with van der Waals surface area (Å²) in [5.41, 5.74) is 1.17. The summed E-state index contributed by atoms with van der Waals surface area (Å²) in [5.74, 6) is 0. The van der Waals surface area contributed by atoms with Gasteiger partial charge in [-0.15, -0.1) is 0 Å². The van der Waals surface area contributed by atoms with Gasteiger partial charge < -0.3 is 10.0 Å². The molecule has 1 fully saturated rings. The van der Waals surface area contributed by atoms with Crippen LogP contribution in [0.2, 0.25) is 5.02 Å². The average molecular weight is 320 g/mol. The van der Waals surface area contributed by atoms with Crippen LogP contribution in [0.25, 0.3) is 0 Å². The van der Waals surface area contributed by atoms with Crippen molar-refractivity contribution in [3.8, 4) is 0 Å². The molecular weight excluding hydrogens is 302 g/mol. The number of halogens is 1. The fraction of sp³-hybridized carbons (Fsp3) is 0.375. The van der Waals surface area contributed by atoms with E-state index in [-0.39, 0.29) is 16.6 Å². The van der Waals surface area contributed by atoms with Crippen LogP contribution in [-0.2, 0) is 0 Å². The van der Waals surface area contributed by atoms with Crippen LogP contribution in [0.5, 0.6) is 0 Å². The smallest absolute Gasteiger partial charge is 0.285 e. The van der Waals surface area contributed by atoms with Gasteiger partial charge in [0.2, 0.25) is 0 Å². The van der Waals surface area contributed by atoms with E-state index in [0.717, 1.165) is 24.9 Å². The van der Waals surface area contributed by atoms with Crippen LogP contribution >= 0.6 is 11.6 Å². The van der Waals surface area contributed by atoms with E-state index in [9.17, 15) is 9.90 Å². The summed E-state index contributed by atoms with van der Waals surface area (Å²) in [7, 11) is 0. The molecule has 0 aliphatic carbocycles. The number of aliphatic hydroxyl groups excluding tert-OH is 1. The van der Waals surface area contributed by atoms with Gasteiger partial charge in [0.25, 0.3) is 5.56 Å². The number of H-pyrrole nitrogens is 1. The fourth-order valence-electron chi connectivity index (χ4n) is 3.04. The molecule has 1 aromatic carbocycles. The Balaban J connectivity index is 1.79. The van der Waals surface area contributed by atoms with Crippen LogP contribution in [0.1, 0.15) is 30.9 Å². The standard InChI is InChI=1S/C16H18ClN3O2/c17-15-13(10-18-19-16(15)22)20-8-4-7-12(20)9-14(21)11-5-2-1-3-6-11/h1-3,5-6,10,12,14,21H,4,7-9H2,(H,19,22)/t12-,14-/m0/s1. The highest BCUT2D eigenvalue weighted by molar-refractivity contribution is 6.33. The van der Waals surface area contributed by atoms with Gasteiger partial charge in [-0.1, -0.05) is 41.9 Å². The van der Waals surface area contributed by atoms with Gasteiger partial charge in [0.1, 0.15) is 5.02 Å². The molecule has 2 aromatic rings. The number of hydrogen-bond donors (Lipinski definition) is 2. The highest BCUT2D eigenvalue weighted by Crippen LogP contribution is 2.33. The average Bonchev–Trinajstić information content (AvgIpc) is 2.99. The number of rotatable bonds is 4. The molecule has 1 aromatic heterocycles. The Hall–Kier alpha value is -1.85. The molecule has 0 radical (unpaired) electrons. The first kappa shape index (κ1) is 15.1. The molecule has 1 saturated heterocycles. The molecular formula is C16H18ClN3O2. The van der Waals surface area contributed by atoms with Crippen molar-refractivity contribution in [2.75, 3.05) is 11.4 Å². The van der Waals surface area contributed by atoms with Gasteiger partial charge in [0.05, 0.1) is 18.0 Å². The van der Waals surface area contributed by atoms with E-state index in [0.29, 0.717) is 12.1 Å². The van der Waals surface area contributed by atoms with E-state index >= 15 is 0 Å². The third-order valence-corrected chi connectivity index (χ3v) is 4.51. The molecule has 116 valence electrons. The maximum Gasteiger partial charge on any atom is 0.285 e. The first-order valence-electron chi connectivity index (χ1n) is 7.39. The Morgan fingerprint density at radius 1 is 1.41 bits per heavy atom. The third-order valence-electron chi connectivity index (χ3n) is 4.14. The summed E-state index contributed by atoms with van der Waals surface area (Å²) in [5, 5.41) is 16.8. The van der Waals surface area contributed by atoms with Gasteiger partial charge in [-0.2, -0.15) is 5.10 Å². The maximum absolute atomic E-state index is 11.6. The number of aliphatic hydroxyl groups is 1. The molecule has 1 aliphatic heterocycles. The Bertz CT molecular complexity index is 689. The largest absolute Gasteiger partial charge is 0.388 e. The molecule has 0 unspecified atom stereocenters. The first-order chi connectivity index (χ1) is 10.7. The molecule has 0 amide bonds. The number of anilines is 1. The zero-order valence-electron chi connectivity index (χ0n) is 12.1. The van der Waals surface area contributed by atoms with Crippen LogP contribution in [-0.4, -0.2) is 27.9 Å². The second-order valence-electron chi connectivity index (χ2n) is 5.55. The van der Waals surface area contributed by atoms with Crippen molar-refractivity contribution >= 4 is 17.3 Å². The molecule has 22 heavy (non-hydrogen) atoms. The van der Waals surface area contributed by atoms with Crippen molar-refractivity contribution < 1.29 is 5.11 Å². The molecule has 0 spiro atoms. The van der Waals surface area contributed by atoms with Crippen molar-refractivity contribution in [2.45, 2.75) is 31.4 Å². The Kier molecular flexibility index (Phi) is 4.45. The quantitative estimate of drug-likeness (QED) is 0.908. The zero-order chi connectivity index (χ0) is 15.5. The highest BCUT2D eigenvalue weighted by Gasteiger charge is 2.29. The summed E-state index contributed by atoms with van der Waals surface area (Å²) in [6.45, 7) is 0.816. The lowest BCUT2D eigenvalue weighted by Gasteiger charge is -2.28. The molecule has 1 aliphatic rings. The maximum atomic E-state index is 11.6. The molecule has 6 heteroatoms. The molecule has 2 heterocycles. The minimum Gasteiger partial charge on any atom is -0.388 e. The van der Waals surface area contributed by atoms with Crippen molar-refractivity contribution in [3.05, 3.63) is 57.5 Å². The van der Waals surface area contributed by atoms with E-state index < -0.39 is 6.10 Å². The molecule has 0 saturated carbocycles. The van der Waals surface area contributed by atoms with Crippen molar-refractivity contribution in [1.82, 2.24) is 10.2 Å². The van der Waals surface area contributed by atoms with Crippen LogP contribution in [0.4, 0.5) is 5.69 Å². The second kappa shape index (κ2) is 6.50. The van der Waals surface area contributed by atoms with Crippen molar-refractivity contribution in [1.29, 1.82) is 0 Å². The van der Waals surface area contributed by atoms with Gasteiger partial charge in [-0.05, 0) is 24.8 Å². The van der Waals surface area contributed by atoms with Crippen LogP contribution < -0.4 is 10.5 Å². The minimum absolute atomic E-state index is 0.149. The van der Waals surface area contributed by atoms with Gasteiger partial charge in [-0.3, -0.25) is 4.79 Å². The number of aromatic nitrogens is 2. The lowest BCUT2D eigenvalue weighted by atomic mass is 10.0. The summed E-state index contributed by atoms with van der Waals surface area (Å²) < 4.78 is 0. The molecule has 0 bridgehead atoms. The molecule has 3 rings (SSSR count). The SMILES string of the molecule is O=c1[nH]ncc(N2CCC[C@H]2C[C@H](O)c2ccccc2)c1Cl. The number of aromatic amines is 1. The predicted octanol–water partition coefficient (Wildman–Crippen LogP) is 2.52. The van der Waals surface area contributed by atoms with Crippen LogP contribution in [0, 0.1) is 0 Å². The number of benzene rings is 1. The normalized spacial score (nSPS) is 19.4. The van der Waals surface area contributed by atoms with E-state index in [2.05, 4.69) is 15.1 Å². The van der Waals surface area contributed by atoms with Gasteiger partial charge in [0.15, 0.2) is 0 Å². The minimum atomic E-state index is -0.527. The first-order valence-corrected chi connectivity index (χ1v) is 7.77. The fourth-order valence-corrected chi connectivity index (χ4v) is 3.24. The van der Waals surface area contributed by atoms with Crippen LogP contribution in [0.3, 0.4) is 0 Å². The van der Waals surface area contributed by atoms with E-state index in [4.69, 9.17) is 11.6 Å². The summed E-state index contributed by atoms with van der Waals surface area (Å²) in [6.07, 6.45) is 3.63. The number of nitrogens with one attached hydrogen (secondary N) is 1. The highest BCUT2D eigenvalue weighted by atomic mass is 35.5. The summed E-state index contributed by atoms with van der Waals surface area (Å²) in [6, 6.07) is 9.76. The van der Waals surface area contributed by atoms with Gasteiger partial charge >= 0.3 is 0 Å². The Labute approximate surface area is 133 Å². The van der Waals surface area contributed by atoms with Gasteiger partial charge in [-0.25, -0.2) is 5.10 Å². The molecule has 2 N–H and O–H groups in total. The van der Waals surface area contributed by atoms with E-state index in [1.54, 1.807) is 6.20 Å². The number of nitrogens with zero attached hydrogens (tertiary/aromatic N) is 2. The van der Waals surface area contributed by atoms with E-state index in [1.807, 2.05) is 30.3 Å². The monoisotopic (exact) mass is 319 g/mol. The Morgan fingerprint density at radius 2 is 2.18 bits per heavy atom. The zero-order valence-corrected chi connectivity index (χ0v) is 12.8. The number of hydrogen-bond acceptors (Lipinski definition) is 4. The Morgan fingerprint density at radius 3 is 2.95 bits per heavy atom. The summed E-state index contributed by atoms with van der Waals surface area (Å²) >= 11 is 6.10. The summed E-state index contributed by atoms with van der Waals surface area (Å²) in [4.78, 5) is 13.7.